The van der Waals surface area contributed by atoms with Gasteiger partial charge in [-0.25, -0.2) is 0 Å². The van der Waals surface area contributed by atoms with Gasteiger partial charge in [-0.05, 0) is 55.2 Å². The van der Waals surface area contributed by atoms with E-state index >= 15 is 0 Å². The van der Waals surface area contributed by atoms with Crippen molar-refractivity contribution in [3.8, 4) is 11.1 Å². The quantitative estimate of drug-likeness (QED) is 0.730. The third kappa shape index (κ3) is 3.24. The lowest BCUT2D eigenvalue weighted by molar-refractivity contribution is -0.123. The number of nitrogens with zero attached hydrogens (tertiary/aromatic N) is 1. The molecule has 0 saturated heterocycles. The van der Waals surface area contributed by atoms with E-state index in [1.807, 2.05) is 37.3 Å². The van der Waals surface area contributed by atoms with Crippen LogP contribution in [-0.4, -0.2) is 22.3 Å². The lowest BCUT2D eigenvalue weighted by atomic mass is 9.95. The van der Waals surface area contributed by atoms with Gasteiger partial charge in [-0.3, -0.25) is 14.6 Å². The molecular weight excluding hydrogens is 350 g/mol. The van der Waals surface area contributed by atoms with Gasteiger partial charge in [0.25, 0.3) is 5.91 Å². The molecule has 3 aromatic rings. The van der Waals surface area contributed by atoms with Crippen molar-refractivity contribution in [3.63, 3.8) is 0 Å². The fourth-order valence-electron chi connectivity index (χ4n) is 4.05. The number of aromatic nitrogens is 1. The molecule has 0 radical (unpaired) electrons. The number of carbonyl (C=O) groups excluding carboxylic acids is 2. The number of aryl methyl sites for hydroxylation is 1. The van der Waals surface area contributed by atoms with Gasteiger partial charge in [0.15, 0.2) is 0 Å². The van der Waals surface area contributed by atoms with Crippen LogP contribution in [0, 0.1) is 6.92 Å². The maximum Gasteiger partial charge on any atom is 0.252 e. The van der Waals surface area contributed by atoms with Gasteiger partial charge < -0.3 is 11.1 Å². The molecule has 1 saturated carbocycles. The molecule has 5 heteroatoms. The molecule has 0 spiro atoms. The molecule has 1 aliphatic carbocycles. The van der Waals surface area contributed by atoms with E-state index in [1.54, 1.807) is 12.1 Å². The number of carbonyl (C=O) groups is 2. The van der Waals surface area contributed by atoms with Crippen LogP contribution in [0.3, 0.4) is 0 Å². The number of para-hydroxylation sites is 1. The van der Waals surface area contributed by atoms with Crippen LogP contribution >= 0.6 is 0 Å². The molecule has 1 aromatic heterocycles. The molecule has 4 rings (SSSR count). The first-order chi connectivity index (χ1) is 13.5. The second-order valence-corrected chi connectivity index (χ2v) is 7.51. The summed E-state index contributed by atoms with van der Waals surface area (Å²) in [5.74, 6) is -0.711. The summed E-state index contributed by atoms with van der Waals surface area (Å²) in [6, 6.07) is 17.5. The second-order valence-electron chi connectivity index (χ2n) is 7.51. The lowest BCUT2D eigenvalue weighted by Gasteiger charge is -2.26. The Kier molecular flexibility index (Phi) is 4.59. The summed E-state index contributed by atoms with van der Waals surface area (Å²) < 4.78 is 0. The molecular formula is C23H23N3O2. The van der Waals surface area contributed by atoms with Gasteiger partial charge >= 0.3 is 0 Å². The highest BCUT2D eigenvalue weighted by Gasteiger charge is 2.40. The van der Waals surface area contributed by atoms with E-state index in [4.69, 9.17) is 5.73 Å². The van der Waals surface area contributed by atoms with Crippen molar-refractivity contribution >= 4 is 22.7 Å². The highest BCUT2D eigenvalue weighted by Crippen LogP contribution is 2.31. The predicted octanol–water partition coefficient (Wildman–Crippen LogP) is 3.74. The van der Waals surface area contributed by atoms with Crippen LogP contribution in [0.4, 0.5) is 0 Å². The average Bonchev–Trinajstić information content (AvgIpc) is 3.17. The molecule has 0 atom stereocenters. The Bertz CT molecular complexity index is 1050. The number of amides is 2. The minimum atomic E-state index is -0.909. The zero-order valence-electron chi connectivity index (χ0n) is 15.9. The number of fused-ring (bicyclic) bond motifs is 1. The van der Waals surface area contributed by atoms with Crippen LogP contribution in [0.2, 0.25) is 0 Å². The Morgan fingerprint density at radius 1 is 1.04 bits per heavy atom. The van der Waals surface area contributed by atoms with Crippen molar-refractivity contribution in [1.82, 2.24) is 10.3 Å². The molecule has 1 aliphatic rings. The highest BCUT2D eigenvalue weighted by atomic mass is 16.2. The van der Waals surface area contributed by atoms with Crippen molar-refractivity contribution in [2.75, 3.05) is 0 Å². The summed E-state index contributed by atoms with van der Waals surface area (Å²) in [5.41, 5.74) is 9.17. The largest absolute Gasteiger partial charge is 0.368 e. The molecule has 28 heavy (non-hydrogen) atoms. The van der Waals surface area contributed by atoms with E-state index in [-0.39, 0.29) is 5.91 Å². The first-order valence-corrected chi connectivity index (χ1v) is 9.58. The Morgan fingerprint density at radius 2 is 1.71 bits per heavy atom. The monoisotopic (exact) mass is 373 g/mol. The molecule has 1 fully saturated rings. The number of nitrogens with one attached hydrogen (secondary N) is 1. The minimum Gasteiger partial charge on any atom is -0.368 e. The van der Waals surface area contributed by atoms with Gasteiger partial charge in [0.1, 0.15) is 5.54 Å². The predicted molar refractivity (Wildman–Crippen MR) is 110 cm³/mol. The number of primary amides is 1. The SMILES string of the molecule is Cc1cc(-c2ccc(C(=O)NC3(C(N)=O)CCCC3)cc2)c2ccccc2n1. The maximum absolute atomic E-state index is 12.7. The Hall–Kier alpha value is -3.21. The number of pyridine rings is 1. The molecule has 0 bridgehead atoms. The van der Waals surface area contributed by atoms with E-state index in [0.717, 1.165) is 40.6 Å². The zero-order valence-corrected chi connectivity index (χ0v) is 15.9. The first-order valence-electron chi connectivity index (χ1n) is 9.58. The number of benzene rings is 2. The number of hydrogen-bond donors (Lipinski definition) is 2. The van der Waals surface area contributed by atoms with Crippen LogP contribution in [-0.2, 0) is 4.79 Å². The Labute approximate surface area is 164 Å². The van der Waals surface area contributed by atoms with Gasteiger partial charge in [0, 0.05) is 16.6 Å². The standard InChI is InChI=1S/C23H23N3O2/c1-15-14-19(18-6-2-3-7-20(18)25-15)16-8-10-17(11-9-16)21(27)26-23(22(24)28)12-4-5-13-23/h2-3,6-11,14H,4-5,12-13H2,1H3,(H2,24,28)(H,26,27). The van der Waals surface area contributed by atoms with Crippen LogP contribution in [0.1, 0.15) is 41.7 Å². The van der Waals surface area contributed by atoms with Crippen LogP contribution in [0.25, 0.3) is 22.0 Å². The topological polar surface area (TPSA) is 85.1 Å². The minimum absolute atomic E-state index is 0.261. The van der Waals surface area contributed by atoms with Gasteiger partial charge in [-0.1, -0.05) is 43.2 Å². The van der Waals surface area contributed by atoms with Crippen molar-refractivity contribution in [2.24, 2.45) is 5.73 Å². The van der Waals surface area contributed by atoms with Crippen molar-refractivity contribution < 1.29 is 9.59 Å². The molecule has 3 N–H and O–H groups in total. The normalized spacial score (nSPS) is 15.5. The number of rotatable bonds is 4. The molecule has 142 valence electrons. The molecule has 2 aromatic carbocycles. The summed E-state index contributed by atoms with van der Waals surface area (Å²) in [4.78, 5) is 29.2. The number of hydrogen-bond acceptors (Lipinski definition) is 3. The molecule has 2 amide bonds. The average molecular weight is 373 g/mol. The Balaban J connectivity index is 1.63. The van der Waals surface area contributed by atoms with Gasteiger partial charge in [-0.2, -0.15) is 0 Å². The summed E-state index contributed by atoms with van der Waals surface area (Å²) in [6.07, 6.45) is 3.01. The lowest BCUT2D eigenvalue weighted by Crippen LogP contribution is -2.55. The second kappa shape index (κ2) is 7.08. The smallest absolute Gasteiger partial charge is 0.252 e. The third-order valence-corrected chi connectivity index (χ3v) is 5.58. The van der Waals surface area contributed by atoms with Gasteiger partial charge in [0.2, 0.25) is 5.91 Å². The van der Waals surface area contributed by atoms with E-state index in [2.05, 4.69) is 22.4 Å². The van der Waals surface area contributed by atoms with Crippen molar-refractivity contribution in [1.29, 1.82) is 0 Å². The summed E-state index contributed by atoms with van der Waals surface area (Å²) >= 11 is 0. The van der Waals surface area contributed by atoms with Gasteiger partial charge in [-0.15, -0.1) is 0 Å². The van der Waals surface area contributed by atoms with Crippen molar-refractivity contribution in [2.45, 2.75) is 38.1 Å². The molecule has 1 heterocycles. The fraction of sp³-hybridized carbons (Fsp3) is 0.261. The summed E-state index contributed by atoms with van der Waals surface area (Å²) in [7, 11) is 0. The van der Waals surface area contributed by atoms with Crippen LogP contribution < -0.4 is 11.1 Å². The van der Waals surface area contributed by atoms with E-state index in [1.165, 1.54) is 0 Å². The third-order valence-electron chi connectivity index (χ3n) is 5.58. The van der Waals surface area contributed by atoms with Crippen LogP contribution in [0.5, 0.6) is 0 Å². The zero-order chi connectivity index (χ0) is 19.7. The highest BCUT2D eigenvalue weighted by molar-refractivity contribution is 6.00. The fourth-order valence-corrected chi connectivity index (χ4v) is 4.05. The summed E-state index contributed by atoms with van der Waals surface area (Å²) in [5, 5.41) is 3.96. The Morgan fingerprint density at radius 3 is 2.39 bits per heavy atom. The maximum atomic E-state index is 12.7. The van der Waals surface area contributed by atoms with E-state index < -0.39 is 11.4 Å². The van der Waals surface area contributed by atoms with Crippen molar-refractivity contribution in [3.05, 3.63) is 65.9 Å². The number of nitrogens with two attached hydrogens (primary N) is 1. The molecule has 5 nitrogen and oxygen atoms in total. The van der Waals surface area contributed by atoms with E-state index in [9.17, 15) is 9.59 Å². The summed E-state index contributed by atoms with van der Waals surface area (Å²) in [6.45, 7) is 1.97. The molecule has 0 unspecified atom stereocenters. The first kappa shape index (κ1) is 18.2. The van der Waals surface area contributed by atoms with Gasteiger partial charge in [0.05, 0.1) is 5.52 Å². The molecule has 0 aliphatic heterocycles. The van der Waals surface area contributed by atoms with E-state index in [0.29, 0.717) is 18.4 Å². The van der Waals surface area contributed by atoms with Crippen LogP contribution in [0.15, 0.2) is 54.6 Å².